The standard InChI is InChI=1S/C11H12N4O/c12-8-4-3-7(6-9(8)16)11-14-13-10-2-1-5-15(10)11/h3-4,6,16H,1-2,5,12H2. The number of aromatic nitrogens is 3. The summed E-state index contributed by atoms with van der Waals surface area (Å²) in [4.78, 5) is 0. The Morgan fingerprint density at radius 1 is 1.31 bits per heavy atom. The minimum atomic E-state index is 0.0906. The summed E-state index contributed by atoms with van der Waals surface area (Å²) in [6.45, 7) is 0.947. The third-order valence-corrected chi connectivity index (χ3v) is 2.90. The normalized spacial score (nSPS) is 14.0. The molecule has 0 unspecified atom stereocenters. The van der Waals surface area contributed by atoms with Crippen LogP contribution >= 0.6 is 0 Å². The first-order valence-corrected chi connectivity index (χ1v) is 5.26. The Morgan fingerprint density at radius 2 is 2.19 bits per heavy atom. The second kappa shape index (κ2) is 3.23. The van der Waals surface area contributed by atoms with E-state index in [9.17, 15) is 5.11 Å². The van der Waals surface area contributed by atoms with Crippen molar-refractivity contribution in [1.29, 1.82) is 0 Å². The highest BCUT2D eigenvalue weighted by molar-refractivity contribution is 5.65. The molecule has 0 saturated carbocycles. The minimum absolute atomic E-state index is 0.0906. The highest BCUT2D eigenvalue weighted by Gasteiger charge is 2.18. The van der Waals surface area contributed by atoms with E-state index in [1.807, 2.05) is 6.07 Å². The summed E-state index contributed by atoms with van der Waals surface area (Å²) in [5, 5.41) is 17.8. The molecule has 5 heteroatoms. The van der Waals surface area contributed by atoms with Gasteiger partial charge in [-0.05, 0) is 24.6 Å². The summed E-state index contributed by atoms with van der Waals surface area (Å²) in [5.41, 5.74) is 6.80. The molecule has 0 amide bonds. The van der Waals surface area contributed by atoms with Crippen molar-refractivity contribution in [2.24, 2.45) is 0 Å². The van der Waals surface area contributed by atoms with Gasteiger partial charge in [-0.3, -0.25) is 0 Å². The van der Waals surface area contributed by atoms with Gasteiger partial charge in [0.1, 0.15) is 11.6 Å². The Bertz CT molecular complexity index is 547. The highest BCUT2D eigenvalue weighted by atomic mass is 16.3. The van der Waals surface area contributed by atoms with Crippen molar-refractivity contribution in [3.8, 4) is 17.1 Å². The van der Waals surface area contributed by atoms with Gasteiger partial charge in [0, 0.05) is 18.5 Å². The second-order valence-electron chi connectivity index (χ2n) is 3.97. The van der Waals surface area contributed by atoms with Crippen LogP contribution in [0.4, 0.5) is 5.69 Å². The van der Waals surface area contributed by atoms with Gasteiger partial charge in [-0.1, -0.05) is 0 Å². The van der Waals surface area contributed by atoms with Crippen LogP contribution in [0.1, 0.15) is 12.2 Å². The van der Waals surface area contributed by atoms with Crippen LogP contribution in [0.2, 0.25) is 0 Å². The van der Waals surface area contributed by atoms with E-state index in [1.165, 1.54) is 0 Å². The average Bonchev–Trinajstić information content (AvgIpc) is 2.83. The van der Waals surface area contributed by atoms with Gasteiger partial charge in [0.15, 0.2) is 5.82 Å². The number of fused-ring (bicyclic) bond motifs is 1. The first-order chi connectivity index (χ1) is 7.75. The highest BCUT2D eigenvalue weighted by Crippen LogP contribution is 2.28. The van der Waals surface area contributed by atoms with E-state index in [-0.39, 0.29) is 5.75 Å². The number of aryl methyl sites for hydroxylation is 1. The fraction of sp³-hybridized carbons (Fsp3) is 0.273. The van der Waals surface area contributed by atoms with Crippen molar-refractivity contribution < 1.29 is 5.11 Å². The van der Waals surface area contributed by atoms with Gasteiger partial charge in [0.05, 0.1) is 5.69 Å². The first kappa shape index (κ1) is 9.21. The smallest absolute Gasteiger partial charge is 0.164 e. The topological polar surface area (TPSA) is 77.0 Å². The minimum Gasteiger partial charge on any atom is -0.506 e. The number of rotatable bonds is 1. The van der Waals surface area contributed by atoms with Crippen LogP contribution in [-0.4, -0.2) is 19.9 Å². The van der Waals surface area contributed by atoms with Crippen LogP contribution in [0.3, 0.4) is 0 Å². The number of hydrogen-bond acceptors (Lipinski definition) is 4. The van der Waals surface area contributed by atoms with Gasteiger partial charge in [-0.2, -0.15) is 0 Å². The Morgan fingerprint density at radius 3 is 3.00 bits per heavy atom. The van der Waals surface area contributed by atoms with Gasteiger partial charge < -0.3 is 15.4 Å². The van der Waals surface area contributed by atoms with Crippen molar-refractivity contribution in [3.05, 3.63) is 24.0 Å². The summed E-state index contributed by atoms with van der Waals surface area (Å²) >= 11 is 0. The number of nitrogens with zero attached hydrogens (tertiary/aromatic N) is 3. The lowest BCUT2D eigenvalue weighted by atomic mass is 10.2. The molecule has 0 aliphatic carbocycles. The quantitative estimate of drug-likeness (QED) is 0.554. The van der Waals surface area contributed by atoms with Crippen LogP contribution < -0.4 is 5.73 Å². The van der Waals surface area contributed by atoms with Gasteiger partial charge >= 0.3 is 0 Å². The SMILES string of the molecule is Nc1ccc(-c2nnc3n2CCC3)cc1O. The zero-order valence-electron chi connectivity index (χ0n) is 8.72. The number of aromatic hydroxyl groups is 1. The Hall–Kier alpha value is -2.04. The van der Waals surface area contributed by atoms with E-state index in [1.54, 1.807) is 12.1 Å². The number of nitrogen functional groups attached to an aromatic ring is 1. The molecule has 0 fully saturated rings. The fourth-order valence-corrected chi connectivity index (χ4v) is 2.05. The maximum atomic E-state index is 9.56. The lowest BCUT2D eigenvalue weighted by Crippen LogP contribution is -1.96. The maximum absolute atomic E-state index is 9.56. The van der Waals surface area contributed by atoms with E-state index in [0.717, 1.165) is 36.6 Å². The monoisotopic (exact) mass is 216 g/mol. The molecule has 1 aromatic carbocycles. The zero-order valence-corrected chi connectivity index (χ0v) is 8.72. The van der Waals surface area contributed by atoms with Gasteiger partial charge in [0.2, 0.25) is 0 Å². The molecule has 0 saturated heterocycles. The summed E-state index contributed by atoms with van der Waals surface area (Å²) in [7, 11) is 0. The third-order valence-electron chi connectivity index (χ3n) is 2.90. The lowest BCUT2D eigenvalue weighted by molar-refractivity contribution is 0.478. The molecule has 16 heavy (non-hydrogen) atoms. The van der Waals surface area contributed by atoms with Crippen molar-refractivity contribution >= 4 is 5.69 Å². The molecule has 1 aliphatic rings. The number of benzene rings is 1. The molecule has 0 bridgehead atoms. The maximum Gasteiger partial charge on any atom is 0.164 e. The van der Waals surface area contributed by atoms with Crippen molar-refractivity contribution in [1.82, 2.24) is 14.8 Å². The van der Waals surface area contributed by atoms with E-state index in [4.69, 9.17) is 5.73 Å². The molecule has 1 aromatic heterocycles. The van der Waals surface area contributed by atoms with Crippen LogP contribution in [0.25, 0.3) is 11.4 Å². The molecule has 0 radical (unpaired) electrons. The largest absolute Gasteiger partial charge is 0.506 e. The predicted octanol–water partition coefficient (Wildman–Crippen LogP) is 1.18. The summed E-state index contributed by atoms with van der Waals surface area (Å²) in [6, 6.07) is 5.16. The molecular formula is C11H12N4O. The van der Waals surface area contributed by atoms with Gasteiger partial charge in [-0.15, -0.1) is 10.2 Å². The number of anilines is 1. The number of hydrogen-bond donors (Lipinski definition) is 2. The van der Waals surface area contributed by atoms with Gasteiger partial charge in [-0.25, -0.2) is 0 Å². The fourth-order valence-electron chi connectivity index (χ4n) is 2.05. The molecule has 2 heterocycles. The Labute approximate surface area is 92.5 Å². The molecule has 3 rings (SSSR count). The molecule has 0 spiro atoms. The third kappa shape index (κ3) is 1.25. The molecule has 1 aliphatic heterocycles. The zero-order chi connectivity index (χ0) is 11.1. The van der Waals surface area contributed by atoms with Crippen molar-refractivity contribution in [2.45, 2.75) is 19.4 Å². The number of nitrogens with two attached hydrogens (primary N) is 1. The average molecular weight is 216 g/mol. The predicted molar refractivity (Wildman–Crippen MR) is 59.9 cm³/mol. The van der Waals surface area contributed by atoms with Crippen molar-refractivity contribution in [2.75, 3.05) is 5.73 Å². The summed E-state index contributed by atoms with van der Waals surface area (Å²) in [5.74, 6) is 1.92. The number of phenols is 1. The molecule has 0 atom stereocenters. The lowest BCUT2D eigenvalue weighted by Gasteiger charge is -2.04. The van der Waals surface area contributed by atoms with Crippen LogP contribution in [0.15, 0.2) is 18.2 Å². The van der Waals surface area contributed by atoms with Crippen molar-refractivity contribution in [3.63, 3.8) is 0 Å². The number of phenolic OH excluding ortho intramolecular Hbond substituents is 1. The molecule has 3 N–H and O–H groups in total. The van der Waals surface area contributed by atoms with Gasteiger partial charge in [0.25, 0.3) is 0 Å². The Kier molecular flexibility index (Phi) is 1.86. The van der Waals surface area contributed by atoms with E-state index in [2.05, 4.69) is 14.8 Å². The second-order valence-corrected chi connectivity index (χ2v) is 3.97. The van der Waals surface area contributed by atoms with Crippen LogP contribution in [0, 0.1) is 0 Å². The molecule has 5 nitrogen and oxygen atoms in total. The first-order valence-electron chi connectivity index (χ1n) is 5.26. The Balaban J connectivity index is 2.11. The summed E-state index contributed by atoms with van der Waals surface area (Å²) in [6.07, 6.45) is 2.09. The van der Waals surface area contributed by atoms with E-state index in [0.29, 0.717) is 5.69 Å². The molecular weight excluding hydrogens is 204 g/mol. The van der Waals surface area contributed by atoms with Crippen LogP contribution in [0.5, 0.6) is 5.75 Å². The van der Waals surface area contributed by atoms with E-state index >= 15 is 0 Å². The van der Waals surface area contributed by atoms with E-state index < -0.39 is 0 Å². The molecule has 82 valence electrons. The van der Waals surface area contributed by atoms with Crippen LogP contribution in [-0.2, 0) is 13.0 Å². The molecule has 2 aromatic rings. The summed E-state index contributed by atoms with van der Waals surface area (Å²) < 4.78 is 2.09.